The number of rotatable bonds is 3. The van der Waals surface area contributed by atoms with Crippen LogP contribution in [0.5, 0.6) is 0 Å². The summed E-state index contributed by atoms with van der Waals surface area (Å²) in [6.07, 6.45) is -3.64. The standard InChI is InChI=1S/C14H12F4N2S/c1-8(19)11-6-10(15)3-4-12(11)21-13-5-2-9(7-20-13)14(16,17)18/h2-8H,19H2,1H3. The lowest BCUT2D eigenvalue weighted by Crippen LogP contribution is -2.07. The summed E-state index contributed by atoms with van der Waals surface area (Å²) in [5.74, 6) is -0.410. The third-order valence-corrected chi connectivity index (χ3v) is 3.78. The SMILES string of the molecule is CC(N)c1cc(F)ccc1Sc1ccc(C(F)(F)F)cn1. The molecule has 2 rings (SSSR count). The summed E-state index contributed by atoms with van der Waals surface area (Å²) < 4.78 is 50.6. The first-order valence-electron chi connectivity index (χ1n) is 6.03. The summed E-state index contributed by atoms with van der Waals surface area (Å²) >= 11 is 1.15. The van der Waals surface area contributed by atoms with Crippen molar-refractivity contribution in [2.24, 2.45) is 5.73 Å². The maximum Gasteiger partial charge on any atom is 0.417 e. The van der Waals surface area contributed by atoms with Gasteiger partial charge in [0.25, 0.3) is 0 Å². The number of nitrogens with zero attached hydrogens (tertiary/aromatic N) is 1. The molecule has 0 aliphatic heterocycles. The maximum atomic E-state index is 13.2. The summed E-state index contributed by atoms with van der Waals surface area (Å²) in [5.41, 5.74) is 5.55. The number of alkyl halides is 3. The van der Waals surface area contributed by atoms with E-state index in [9.17, 15) is 17.6 Å². The van der Waals surface area contributed by atoms with Crippen LogP contribution in [0.1, 0.15) is 24.1 Å². The van der Waals surface area contributed by atoms with Gasteiger partial charge in [-0.3, -0.25) is 0 Å². The normalized spacial score (nSPS) is 13.2. The van der Waals surface area contributed by atoms with Gasteiger partial charge in [0.1, 0.15) is 10.8 Å². The first-order valence-corrected chi connectivity index (χ1v) is 6.85. The Kier molecular flexibility index (Phi) is 4.53. The van der Waals surface area contributed by atoms with Crippen LogP contribution in [-0.2, 0) is 6.18 Å². The zero-order valence-electron chi connectivity index (χ0n) is 11.0. The molecule has 0 radical (unpaired) electrons. The quantitative estimate of drug-likeness (QED) is 0.853. The zero-order chi connectivity index (χ0) is 15.6. The van der Waals surface area contributed by atoms with Crippen molar-refractivity contribution in [3.8, 4) is 0 Å². The lowest BCUT2D eigenvalue weighted by atomic mass is 10.1. The van der Waals surface area contributed by atoms with Gasteiger partial charge in [-0.25, -0.2) is 9.37 Å². The van der Waals surface area contributed by atoms with Gasteiger partial charge in [0.2, 0.25) is 0 Å². The highest BCUT2D eigenvalue weighted by Gasteiger charge is 2.30. The van der Waals surface area contributed by atoms with E-state index in [1.54, 1.807) is 6.92 Å². The Balaban J connectivity index is 2.26. The second-order valence-corrected chi connectivity index (χ2v) is 5.52. The number of benzene rings is 1. The van der Waals surface area contributed by atoms with E-state index in [-0.39, 0.29) is 0 Å². The number of nitrogens with two attached hydrogens (primary N) is 1. The summed E-state index contributed by atoms with van der Waals surface area (Å²) in [6.45, 7) is 1.71. The fourth-order valence-electron chi connectivity index (χ4n) is 1.69. The van der Waals surface area contributed by atoms with E-state index in [2.05, 4.69) is 4.98 Å². The van der Waals surface area contributed by atoms with Crippen LogP contribution in [0.2, 0.25) is 0 Å². The number of halogens is 4. The van der Waals surface area contributed by atoms with Gasteiger partial charge in [0.05, 0.1) is 5.56 Å². The minimum Gasteiger partial charge on any atom is -0.324 e. The van der Waals surface area contributed by atoms with E-state index in [1.165, 1.54) is 24.3 Å². The van der Waals surface area contributed by atoms with Crippen molar-refractivity contribution >= 4 is 11.8 Å². The Morgan fingerprint density at radius 3 is 2.43 bits per heavy atom. The molecule has 21 heavy (non-hydrogen) atoms. The van der Waals surface area contributed by atoms with Crippen molar-refractivity contribution in [3.63, 3.8) is 0 Å². The van der Waals surface area contributed by atoms with Crippen molar-refractivity contribution in [3.05, 3.63) is 53.5 Å². The molecule has 0 saturated carbocycles. The Bertz CT molecular complexity index is 624. The zero-order valence-corrected chi connectivity index (χ0v) is 11.8. The van der Waals surface area contributed by atoms with Crippen LogP contribution in [0.25, 0.3) is 0 Å². The van der Waals surface area contributed by atoms with Gasteiger partial charge in [-0.05, 0) is 42.8 Å². The van der Waals surface area contributed by atoms with Gasteiger partial charge in [0.15, 0.2) is 0 Å². The van der Waals surface area contributed by atoms with Crippen LogP contribution in [0.15, 0.2) is 46.5 Å². The number of hydrogen-bond donors (Lipinski definition) is 1. The first-order chi connectivity index (χ1) is 9.77. The van der Waals surface area contributed by atoms with Gasteiger partial charge in [-0.15, -0.1) is 0 Å². The Labute approximate surface area is 123 Å². The molecule has 7 heteroatoms. The number of aromatic nitrogens is 1. The predicted molar refractivity (Wildman–Crippen MR) is 72.4 cm³/mol. The molecule has 0 amide bonds. The molecule has 1 heterocycles. The van der Waals surface area contributed by atoms with E-state index in [1.807, 2.05) is 0 Å². The average Bonchev–Trinajstić information content (AvgIpc) is 2.40. The molecule has 0 spiro atoms. The van der Waals surface area contributed by atoms with Gasteiger partial charge >= 0.3 is 6.18 Å². The molecule has 2 nitrogen and oxygen atoms in total. The number of pyridine rings is 1. The fraction of sp³-hybridized carbons (Fsp3) is 0.214. The van der Waals surface area contributed by atoms with Crippen molar-refractivity contribution in [2.75, 3.05) is 0 Å². The summed E-state index contributed by atoms with van der Waals surface area (Å²) in [5, 5.41) is 0.386. The van der Waals surface area contributed by atoms with Crippen molar-refractivity contribution in [2.45, 2.75) is 29.1 Å². The van der Waals surface area contributed by atoms with Gasteiger partial charge in [-0.1, -0.05) is 11.8 Å². The van der Waals surface area contributed by atoms with Crippen molar-refractivity contribution in [1.29, 1.82) is 0 Å². The van der Waals surface area contributed by atoms with E-state index in [0.29, 0.717) is 15.5 Å². The summed E-state index contributed by atoms with van der Waals surface area (Å²) in [7, 11) is 0. The highest BCUT2D eigenvalue weighted by Crippen LogP contribution is 2.34. The minimum atomic E-state index is -4.41. The third kappa shape index (κ3) is 3.95. The monoisotopic (exact) mass is 316 g/mol. The van der Waals surface area contributed by atoms with Gasteiger partial charge in [0, 0.05) is 17.1 Å². The third-order valence-electron chi connectivity index (χ3n) is 2.74. The molecular weight excluding hydrogens is 304 g/mol. The van der Waals surface area contributed by atoms with E-state index in [4.69, 9.17) is 5.73 Å². The molecule has 1 atom stereocenters. The topological polar surface area (TPSA) is 38.9 Å². The largest absolute Gasteiger partial charge is 0.417 e. The smallest absolute Gasteiger partial charge is 0.324 e. The van der Waals surface area contributed by atoms with Gasteiger partial charge < -0.3 is 5.73 Å². The van der Waals surface area contributed by atoms with Crippen LogP contribution in [0, 0.1) is 5.82 Å². The lowest BCUT2D eigenvalue weighted by molar-refractivity contribution is -0.137. The second kappa shape index (κ2) is 6.03. The van der Waals surface area contributed by atoms with Crippen LogP contribution in [0.3, 0.4) is 0 Å². The molecule has 2 N–H and O–H groups in total. The molecule has 1 aromatic heterocycles. The summed E-state index contributed by atoms with van der Waals surface area (Å²) in [4.78, 5) is 4.44. The molecule has 0 bridgehead atoms. The van der Waals surface area contributed by atoms with Gasteiger partial charge in [-0.2, -0.15) is 13.2 Å². The second-order valence-electron chi connectivity index (χ2n) is 4.46. The maximum absolute atomic E-state index is 13.2. The molecule has 0 fully saturated rings. The molecule has 1 unspecified atom stereocenters. The average molecular weight is 316 g/mol. The number of hydrogen-bond acceptors (Lipinski definition) is 3. The molecule has 1 aromatic carbocycles. The highest BCUT2D eigenvalue weighted by molar-refractivity contribution is 7.99. The predicted octanol–water partition coefficient (Wildman–Crippen LogP) is 4.41. The Morgan fingerprint density at radius 1 is 1.19 bits per heavy atom. The molecule has 0 aliphatic rings. The minimum absolute atomic E-state index is 0.386. The molecule has 112 valence electrons. The molecule has 0 aliphatic carbocycles. The van der Waals surface area contributed by atoms with E-state index in [0.717, 1.165) is 24.0 Å². The van der Waals surface area contributed by atoms with E-state index >= 15 is 0 Å². The van der Waals surface area contributed by atoms with Crippen LogP contribution in [0.4, 0.5) is 17.6 Å². The van der Waals surface area contributed by atoms with Crippen LogP contribution >= 0.6 is 11.8 Å². The first kappa shape index (κ1) is 15.8. The molecule has 0 saturated heterocycles. The highest BCUT2D eigenvalue weighted by atomic mass is 32.2. The fourth-order valence-corrected chi connectivity index (χ4v) is 2.65. The lowest BCUT2D eigenvalue weighted by Gasteiger charge is -2.12. The summed E-state index contributed by atoms with van der Waals surface area (Å²) in [6, 6.07) is 5.98. The van der Waals surface area contributed by atoms with E-state index < -0.39 is 23.6 Å². The molecular formula is C14H12F4N2S. The Morgan fingerprint density at radius 2 is 1.90 bits per heavy atom. The Hall–Kier alpha value is -1.60. The molecule has 2 aromatic rings. The van der Waals surface area contributed by atoms with Crippen molar-refractivity contribution in [1.82, 2.24) is 4.98 Å². The van der Waals surface area contributed by atoms with Crippen LogP contribution < -0.4 is 5.73 Å². The van der Waals surface area contributed by atoms with Crippen LogP contribution in [-0.4, -0.2) is 4.98 Å². The van der Waals surface area contributed by atoms with Crippen molar-refractivity contribution < 1.29 is 17.6 Å².